The number of hydrogen-bond acceptors (Lipinski definition) is 5. The van der Waals surface area contributed by atoms with Gasteiger partial charge in [-0.15, -0.1) is 0 Å². The molecular weight excluding hydrogens is 313 g/mol. The third kappa shape index (κ3) is 1.97. The molecule has 19 heavy (non-hydrogen) atoms. The van der Waals surface area contributed by atoms with E-state index in [1.165, 1.54) is 0 Å². The van der Waals surface area contributed by atoms with Crippen LogP contribution in [0.2, 0.25) is 0 Å². The fourth-order valence-electron chi connectivity index (χ4n) is 1.77. The van der Waals surface area contributed by atoms with Gasteiger partial charge in [0.15, 0.2) is 0 Å². The number of carbonyl (C=O) groups is 1. The van der Waals surface area contributed by atoms with Gasteiger partial charge in [-0.25, -0.2) is 0 Å². The molecule has 96 valence electrons. The molecule has 2 aromatic heterocycles. The molecule has 1 aromatic carbocycles. The molecule has 0 saturated carbocycles. The molecule has 0 unspecified atom stereocenters. The van der Waals surface area contributed by atoms with Crippen LogP contribution in [0.15, 0.2) is 29.1 Å². The van der Waals surface area contributed by atoms with E-state index in [0.717, 1.165) is 0 Å². The Hall–Kier alpha value is -1.98. The van der Waals surface area contributed by atoms with Gasteiger partial charge in [-0.1, -0.05) is 0 Å². The van der Waals surface area contributed by atoms with Gasteiger partial charge in [0.1, 0.15) is 0 Å². The summed E-state index contributed by atoms with van der Waals surface area (Å²) >= 11 is -0.393. The maximum absolute atomic E-state index is 11.9. The minimum absolute atomic E-state index is 0.288. The number of esters is 1. The van der Waals surface area contributed by atoms with E-state index < -0.39 is 20.5 Å². The molecule has 0 saturated heterocycles. The molecule has 0 spiro atoms. The average molecular weight is 322 g/mol. The summed E-state index contributed by atoms with van der Waals surface area (Å²) in [6.07, 6.45) is 0. The van der Waals surface area contributed by atoms with Crippen LogP contribution in [0.1, 0.15) is 16.3 Å². The maximum atomic E-state index is 11.9. The Balaban J connectivity index is 2.31. The van der Waals surface area contributed by atoms with Crippen LogP contribution in [-0.2, 0) is 4.74 Å². The van der Waals surface area contributed by atoms with Crippen molar-refractivity contribution in [3.8, 4) is 0 Å². The van der Waals surface area contributed by atoms with Crippen molar-refractivity contribution >= 4 is 35.9 Å². The molecule has 0 aliphatic rings. The van der Waals surface area contributed by atoms with Gasteiger partial charge in [0.2, 0.25) is 0 Å². The standard InChI is InChI=1S/C12H9N3O3Se/c1-2-18-11(17)10-14-15-8-6-4-3-5-7(8)9(16)13-12(15)19-10/h3-6H,2H2,1H3. The summed E-state index contributed by atoms with van der Waals surface area (Å²) in [6, 6.07) is 7.08. The molecule has 3 rings (SSSR count). The van der Waals surface area contributed by atoms with Crippen LogP contribution < -0.4 is 5.56 Å². The normalized spacial score (nSPS) is 11.0. The molecule has 6 nitrogen and oxygen atoms in total. The summed E-state index contributed by atoms with van der Waals surface area (Å²) in [5.41, 5.74) is 0.378. The van der Waals surface area contributed by atoms with Crippen LogP contribution in [0.3, 0.4) is 0 Å². The Morgan fingerprint density at radius 2 is 2.21 bits per heavy atom. The Kier molecular flexibility index (Phi) is 2.93. The zero-order valence-electron chi connectivity index (χ0n) is 9.99. The first-order valence-corrected chi connectivity index (χ1v) is 7.37. The second-order valence-corrected chi connectivity index (χ2v) is 5.76. The molecule has 0 amide bonds. The van der Waals surface area contributed by atoms with Crippen LogP contribution in [0.25, 0.3) is 15.4 Å². The van der Waals surface area contributed by atoms with Crippen molar-refractivity contribution in [2.75, 3.05) is 6.61 Å². The second kappa shape index (κ2) is 4.60. The third-order valence-electron chi connectivity index (χ3n) is 2.57. The molecule has 0 aliphatic heterocycles. The molecule has 2 heterocycles. The second-order valence-electron chi connectivity index (χ2n) is 3.76. The van der Waals surface area contributed by atoms with Gasteiger partial charge in [0.05, 0.1) is 0 Å². The van der Waals surface area contributed by atoms with E-state index in [4.69, 9.17) is 4.74 Å². The van der Waals surface area contributed by atoms with Gasteiger partial charge >= 0.3 is 113 Å². The van der Waals surface area contributed by atoms with Crippen LogP contribution in [0.5, 0.6) is 0 Å². The first kappa shape index (κ1) is 12.1. The number of benzene rings is 1. The van der Waals surface area contributed by atoms with Gasteiger partial charge in [0.25, 0.3) is 0 Å². The van der Waals surface area contributed by atoms with Crippen molar-refractivity contribution in [3.63, 3.8) is 0 Å². The fraction of sp³-hybridized carbons (Fsp3) is 0.167. The van der Waals surface area contributed by atoms with Gasteiger partial charge in [-0.05, 0) is 0 Å². The molecular formula is C12H9N3O3Se. The monoisotopic (exact) mass is 323 g/mol. The van der Waals surface area contributed by atoms with Crippen molar-refractivity contribution in [3.05, 3.63) is 39.2 Å². The van der Waals surface area contributed by atoms with Gasteiger partial charge < -0.3 is 0 Å². The van der Waals surface area contributed by atoms with E-state index in [2.05, 4.69) is 10.1 Å². The minimum atomic E-state index is -0.440. The van der Waals surface area contributed by atoms with Crippen LogP contribution in [0, 0.1) is 0 Å². The van der Waals surface area contributed by atoms with E-state index in [1.54, 1.807) is 29.6 Å². The average Bonchev–Trinajstić information content (AvgIpc) is 2.83. The number of ether oxygens (including phenoxy) is 1. The van der Waals surface area contributed by atoms with Crippen LogP contribution >= 0.6 is 0 Å². The number of fused-ring (bicyclic) bond motifs is 3. The van der Waals surface area contributed by atoms with Crippen molar-refractivity contribution in [1.82, 2.24) is 14.6 Å². The third-order valence-corrected chi connectivity index (χ3v) is 4.43. The Labute approximate surface area is 113 Å². The Morgan fingerprint density at radius 1 is 1.42 bits per heavy atom. The van der Waals surface area contributed by atoms with Crippen molar-refractivity contribution in [2.45, 2.75) is 6.92 Å². The van der Waals surface area contributed by atoms with Gasteiger partial charge in [-0.3, -0.25) is 0 Å². The first-order valence-electron chi connectivity index (χ1n) is 5.66. The predicted octanol–water partition coefficient (Wildman–Crippen LogP) is 0.476. The summed E-state index contributed by atoms with van der Waals surface area (Å²) in [5.74, 6) is -0.440. The fourth-order valence-corrected chi connectivity index (χ4v) is 3.43. The van der Waals surface area contributed by atoms with Crippen LogP contribution in [0.4, 0.5) is 0 Å². The van der Waals surface area contributed by atoms with E-state index in [9.17, 15) is 9.59 Å². The zero-order valence-corrected chi connectivity index (χ0v) is 11.7. The number of aromatic nitrogens is 3. The topological polar surface area (TPSA) is 73.6 Å². The number of carbonyl (C=O) groups excluding carboxylic acids is 1. The van der Waals surface area contributed by atoms with Crippen molar-refractivity contribution in [2.24, 2.45) is 0 Å². The Bertz CT molecular complexity index is 837. The molecule has 3 aromatic rings. The molecule has 0 bridgehead atoms. The molecule has 0 aliphatic carbocycles. The summed E-state index contributed by atoms with van der Waals surface area (Å²) in [5, 5.41) is 4.72. The molecule has 0 radical (unpaired) electrons. The SMILES string of the molecule is CCOC(=O)c1nn2c(nc(=O)c3ccccc32)[se]1. The predicted molar refractivity (Wildman–Crippen MR) is 69.7 cm³/mol. The first-order chi connectivity index (χ1) is 9.20. The van der Waals surface area contributed by atoms with E-state index >= 15 is 0 Å². The van der Waals surface area contributed by atoms with Crippen molar-refractivity contribution < 1.29 is 9.53 Å². The quantitative estimate of drug-likeness (QED) is 0.507. The molecule has 0 fully saturated rings. The summed E-state index contributed by atoms with van der Waals surface area (Å²) in [4.78, 5) is 27.5. The number of rotatable bonds is 2. The van der Waals surface area contributed by atoms with Gasteiger partial charge in [0, 0.05) is 0 Å². The Morgan fingerprint density at radius 3 is 3.00 bits per heavy atom. The molecule has 7 heteroatoms. The van der Waals surface area contributed by atoms with Gasteiger partial charge in [-0.2, -0.15) is 0 Å². The zero-order chi connectivity index (χ0) is 13.4. The number of nitrogens with zero attached hydrogens (tertiary/aromatic N) is 3. The summed E-state index contributed by atoms with van der Waals surface area (Å²) < 4.78 is 7.34. The molecule has 0 N–H and O–H groups in total. The number of para-hydroxylation sites is 1. The summed E-state index contributed by atoms with van der Waals surface area (Å²) in [7, 11) is 0. The van der Waals surface area contributed by atoms with E-state index in [1.807, 2.05) is 6.07 Å². The van der Waals surface area contributed by atoms with Crippen molar-refractivity contribution in [1.29, 1.82) is 0 Å². The van der Waals surface area contributed by atoms with E-state index in [0.29, 0.717) is 26.6 Å². The summed E-state index contributed by atoms with van der Waals surface area (Å²) in [6.45, 7) is 2.04. The van der Waals surface area contributed by atoms with E-state index in [-0.39, 0.29) is 5.56 Å². The van der Waals surface area contributed by atoms with Crippen LogP contribution in [-0.4, -0.2) is 41.7 Å². The number of hydrogen-bond donors (Lipinski definition) is 0. The molecule has 0 atom stereocenters.